The normalized spacial score (nSPS) is 11.9. The molecule has 0 saturated carbocycles. The summed E-state index contributed by atoms with van der Waals surface area (Å²) in [6.07, 6.45) is -4.58. The van der Waals surface area contributed by atoms with Crippen LogP contribution in [0.3, 0.4) is 0 Å². The van der Waals surface area contributed by atoms with E-state index < -0.39 is 34.4 Å². The number of nitrogens with one attached hydrogen (secondary N) is 1. The maximum absolute atomic E-state index is 12.7. The van der Waals surface area contributed by atoms with Crippen molar-refractivity contribution in [3.05, 3.63) is 57.1 Å². The Bertz CT molecular complexity index is 895. The number of nitrogens with zero attached hydrogens (tertiary/aromatic N) is 1. The van der Waals surface area contributed by atoms with Gasteiger partial charge in [0.2, 0.25) is 0 Å². The van der Waals surface area contributed by atoms with Crippen LogP contribution in [0.5, 0.6) is 11.5 Å². The van der Waals surface area contributed by atoms with Crippen LogP contribution in [0.25, 0.3) is 0 Å². The second-order valence-corrected chi connectivity index (χ2v) is 5.77. The van der Waals surface area contributed by atoms with E-state index in [-0.39, 0.29) is 51.8 Å². The van der Waals surface area contributed by atoms with Gasteiger partial charge in [-0.1, -0.05) is 11.6 Å². The molecule has 0 aliphatic rings. The summed E-state index contributed by atoms with van der Waals surface area (Å²) in [5.74, 6) is -1.60. The van der Waals surface area contributed by atoms with Gasteiger partial charge in [0.1, 0.15) is 17.2 Å². The Morgan fingerprint density at radius 2 is 1.89 bits per heavy atom. The summed E-state index contributed by atoms with van der Waals surface area (Å²) >= 11 is 5.80. The third kappa shape index (κ3) is 5.99. The van der Waals surface area contributed by atoms with Gasteiger partial charge in [-0.2, -0.15) is 13.2 Å². The molecule has 0 fully saturated rings. The molecule has 0 spiro atoms. The van der Waals surface area contributed by atoms with Gasteiger partial charge in [0.25, 0.3) is 5.69 Å². The SMILES string of the molecule is CC(Nc1cc(Oc2ccc(C(F)(F)F)cc2Cl)ccc1[N+](=O)[O-])C(=O)[O-].[Na+]. The number of carboxylic acid groups (broad SMARTS) is 1. The predicted molar refractivity (Wildman–Crippen MR) is 87.7 cm³/mol. The van der Waals surface area contributed by atoms with E-state index in [0.29, 0.717) is 6.07 Å². The molecule has 2 aromatic rings. The molecule has 0 bridgehead atoms. The first-order valence-electron chi connectivity index (χ1n) is 7.29. The molecule has 12 heteroatoms. The van der Waals surface area contributed by atoms with Gasteiger partial charge in [-0.25, -0.2) is 0 Å². The summed E-state index contributed by atoms with van der Waals surface area (Å²) in [4.78, 5) is 21.2. The van der Waals surface area contributed by atoms with Crippen LogP contribution in [-0.4, -0.2) is 16.9 Å². The number of ether oxygens (including phenoxy) is 1. The number of carbonyl (C=O) groups excluding carboxylic acids is 1. The number of aliphatic carboxylic acids is 1. The van der Waals surface area contributed by atoms with Crippen molar-refractivity contribution in [2.24, 2.45) is 0 Å². The Morgan fingerprint density at radius 1 is 1.25 bits per heavy atom. The van der Waals surface area contributed by atoms with Crippen molar-refractivity contribution in [1.82, 2.24) is 0 Å². The predicted octanol–water partition coefficient (Wildman–Crippen LogP) is 0.614. The summed E-state index contributed by atoms with van der Waals surface area (Å²) < 4.78 is 43.4. The summed E-state index contributed by atoms with van der Waals surface area (Å²) in [7, 11) is 0. The molecular formula is C16H11ClF3N2NaO5. The van der Waals surface area contributed by atoms with Gasteiger partial charge < -0.3 is 20.0 Å². The van der Waals surface area contributed by atoms with Gasteiger partial charge in [0.15, 0.2) is 0 Å². The molecule has 2 aromatic carbocycles. The first kappa shape index (κ1) is 24.0. The Balaban J connectivity index is 0.00000392. The molecule has 0 heterocycles. The Hall–Kier alpha value is -2.01. The van der Waals surface area contributed by atoms with Crippen molar-refractivity contribution in [3.63, 3.8) is 0 Å². The maximum Gasteiger partial charge on any atom is 1.00 e. The molecule has 0 saturated heterocycles. The number of anilines is 1. The molecule has 0 aliphatic carbocycles. The number of hydrogen-bond donors (Lipinski definition) is 1. The summed E-state index contributed by atoms with van der Waals surface area (Å²) in [5.41, 5.74) is -1.56. The topological polar surface area (TPSA) is 105 Å². The van der Waals surface area contributed by atoms with Crippen LogP contribution in [0.15, 0.2) is 36.4 Å². The number of hydrogen-bond acceptors (Lipinski definition) is 6. The van der Waals surface area contributed by atoms with Crippen molar-refractivity contribution in [2.45, 2.75) is 19.1 Å². The van der Waals surface area contributed by atoms with Gasteiger partial charge in [-0.15, -0.1) is 0 Å². The smallest absolute Gasteiger partial charge is 0.548 e. The van der Waals surface area contributed by atoms with Crippen LogP contribution in [0.4, 0.5) is 24.5 Å². The summed E-state index contributed by atoms with van der Waals surface area (Å²) in [5, 5.41) is 24.0. The molecule has 144 valence electrons. The van der Waals surface area contributed by atoms with E-state index in [4.69, 9.17) is 16.3 Å². The molecule has 1 atom stereocenters. The third-order valence-electron chi connectivity index (χ3n) is 3.38. The Morgan fingerprint density at radius 3 is 2.39 bits per heavy atom. The van der Waals surface area contributed by atoms with Gasteiger partial charge in [0, 0.05) is 12.1 Å². The Kier molecular flexibility index (Phi) is 8.12. The van der Waals surface area contributed by atoms with Crippen molar-refractivity contribution < 1.29 is 62.3 Å². The molecular weight excluding hydrogens is 416 g/mol. The fourth-order valence-corrected chi connectivity index (χ4v) is 2.25. The molecule has 0 aliphatic heterocycles. The first-order chi connectivity index (χ1) is 12.5. The van der Waals surface area contributed by atoms with E-state index in [1.54, 1.807) is 0 Å². The molecule has 2 rings (SSSR count). The van der Waals surface area contributed by atoms with Gasteiger partial charge >= 0.3 is 35.7 Å². The third-order valence-corrected chi connectivity index (χ3v) is 3.67. The molecule has 1 N–H and O–H groups in total. The Labute approximate surface area is 183 Å². The van der Waals surface area contributed by atoms with Crippen LogP contribution < -0.4 is 44.7 Å². The van der Waals surface area contributed by atoms with Crippen molar-refractivity contribution in [2.75, 3.05) is 5.32 Å². The molecule has 1 unspecified atom stereocenters. The average Bonchev–Trinajstić information content (AvgIpc) is 2.55. The zero-order chi connectivity index (χ0) is 20.4. The maximum atomic E-state index is 12.7. The second kappa shape index (κ2) is 9.46. The second-order valence-electron chi connectivity index (χ2n) is 5.37. The van der Waals surface area contributed by atoms with E-state index in [1.807, 2.05) is 0 Å². The molecule has 0 aromatic heterocycles. The van der Waals surface area contributed by atoms with E-state index in [1.165, 1.54) is 13.0 Å². The van der Waals surface area contributed by atoms with Crippen LogP contribution in [-0.2, 0) is 11.0 Å². The minimum atomic E-state index is -4.58. The fourth-order valence-electron chi connectivity index (χ4n) is 2.03. The summed E-state index contributed by atoms with van der Waals surface area (Å²) in [6, 6.07) is 4.59. The number of rotatable bonds is 6. The number of carboxylic acids is 1. The van der Waals surface area contributed by atoms with Crippen molar-refractivity contribution in [1.29, 1.82) is 0 Å². The van der Waals surface area contributed by atoms with E-state index in [9.17, 15) is 33.2 Å². The van der Waals surface area contributed by atoms with Gasteiger partial charge in [-0.3, -0.25) is 10.1 Å². The monoisotopic (exact) mass is 426 g/mol. The minimum absolute atomic E-state index is 0. The number of alkyl halides is 3. The average molecular weight is 427 g/mol. The number of nitro groups is 1. The van der Waals surface area contributed by atoms with Crippen LogP contribution in [0.1, 0.15) is 12.5 Å². The van der Waals surface area contributed by atoms with Gasteiger partial charge in [0.05, 0.1) is 27.5 Å². The fraction of sp³-hybridized carbons (Fsp3) is 0.188. The number of carbonyl (C=O) groups is 1. The zero-order valence-corrected chi connectivity index (χ0v) is 17.3. The van der Waals surface area contributed by atoms with E-state index in [2.05, 4.69) is 5.32 Å². The van der Waals surface area contributed by atoms with Gasteiger partial charge in [-0.05, 0) is 31.2 Å². The molecule has 0 amide bonds. The molecule has 0 radical (unpaired) electrons. The molecule has 7 nitrogen and oxygen atoms in total. The van der Waals surface area contributed by atoms with Crippen LogP contribution in [0, 0.1) is 10.1 Å². The van der Waals surface area contributed by atoms with E-state index >= 15 is 0 Å². The number of nitro benzene ring substituents is 1. The van der Waals surface area contributed by atoms with Crippen molar-refractivity contribution >= 4 is 28.9 Å². The van der Waals surface area contributed by atoms with Crippen LogP contribution in [0.2, 0.25) is 5.02 Å². The van der Waals surface area contributed by atoms with Crippen molar-refractivity contribution in [3.8, 4) is 11.5 Å². The number of halogens is 4. The van der Waals surface area contributed by atoms with E-state index in [0.717, 1.165) is 24.3 Å². The minimum Gasteiger partial charge on any atom is -0.548 e. The first-order valence-corrected chi connectivity index (χ1v) is 7.67. The quantitative estimate of drug-likeness (QED) is 0.412. The van der Waals surface area contributed by atoms with Crippen LogP contribution >= 0.6 is 11.6 Å². The molecule has 28 heavy (non-hydrogen) atoms. The summed E-state index contributed by atoms with van der Waals surface area (Å²) in [6.45, 7) is 1.22. The number of benzene rings is 2. The zero-order valence-electron chi connectivity index (χ0n) is 14.5. The largest absolute Gasteiger partial charge is 1.00 e. The standard InChI is InChI=1S/C16H12ClF3N2O5.Na/c1-8(15(23)24)21-12-7-10(3-4-13(12)22(25)26)27-14-5-2-9(6-11(14)17)16(18,19)20;/h2-8,21H,1H3,(H,23,24);/q;+1/p-1.